The lowest BCUT2D eigenvalue weighted by molar-refractivity contribution is 0.625. The van der Waals surface area contributed by atoms with Gasteiger partial charge in [-0.25, -0.2) is 4.39 Å². The van der Waals surface area contributed by atoms with Gasteiger partial charge in [-0.1, -0.05) is 29.8 Å². The first-order valence-electron chi connectivity index (χ1n) is 5.69. The summed E-state index contributed by atoms with van der Waals surface area (Å²) in [5, 5.41) is 3.76. The van der Waals surface area contributed by atoms with Crippen LogP contribution < -0.4 is 11.1 Å². The molecule has 2 rings (SSSR count). The first-order chi connectivity index (χ1) is 8.66. The molecule has 0 saturated heterocycles. The van der Waals surface area contributed by atoms with Crippen molar-refractivity contribution in [3.63, 3.8) is 0 Å². The molecule has 0 aromatic heterocycles. The number of para-hydroxylation sites is 1. The summed E-state index contributed by atoms with van der Waals surface area (Å²) >= 11 is 6.03. The molecule has 94 valence electrons. The monoisotopic (exact) mass is 264 g/mol. The number of rotatable bonds is 4. The highest BCUT2D eigenvalue weighted by Gasteiger charge is 2.03. The van der Waals surface area contributed by atoms with Crippen LogP contribution in [0, 0.1) is 5.82 Å². The summed E-state index contributed by atoms with van der Waals surface area (Å²) in [5.74, 6) is -0.218. The Hall–Kier alpha value is -1.74. The highest BCUT2D eigenvalue weighted by Crippen LogP contribution is 2.27. The van der Waals surface area contributed by atoms with Crippen LogP contribution >= 0.6 is 11.6 Å². The molecule has 4 heteroatoms. The molecular formula is C14H14ClFN2. The van der Waals surface area contributed by atoms with E-state index in [-0.39, 0.29) is 5.82 Å². The van der Waals surface area contributed by atoms with Crippen molar-refractivity contribution >= 4 is 23.0 Å². The Morgan fingerprint density at radius 1 is 1.17 bits per heavy atom. The Labute approximate surface area is 111 Å². The summed E-state index contributed by atoms with van der Waals surface area (Å²) in [4.78, 5) is 0. The number of hydrogen-bond donors (Lipinski definition) is 2. The quantitative estimate of drug-likeness (QED) is 0.826. The molecule has 0 atom stereocenters. The summed E-state index contributed by atoms with van der Waals surface area (Å²) in [6.07, 6.45) is 0.711. The van der Waals surface area contributed by atoms with Crippen molar-refractivity contribution in [2.75, 3.05) is 17.6 Å². The van der Waals surface area contributed by atoms with Gasteiger partial charge in [-0.2, -0.15) is 0 Å². The van der Waals surface area contributed by atoms with Crippen LogP contribution in [0.25, 0.3) is 0 Å². The maximum absolute atomic E-state index is 13.0. The highest BCUT2D eigenvalue weighted by atomic mass is 35.5. The zero-order valence-electron chi connectivity index (χ0n) is 9.79. The van der Waals surface area contributed by atoms with Crippen molar-refractivity contribution in [2.45, 2.75) is 6.42 Å². The molecule has 0 amide bonds. The van der Waals surface area contributed by atoms with Crippen LogP contribution in [0.2, 0.25) is 5.02 Å². The molecule has 0 radical (unpaired) electrons. The molecule has 0 aliphatic rings. The van der Waals surface area contributed by atoms with Gasteiger partial charge in [0.05, 0.1) is 16.4 Å². The van der Waals surface area contributed by atoms with Crippen LogP contribution in [0.1, 0.15) is 5.56 Å². The predicted octanol–water partition coefficient (Wildman–Crippen LogP) is 3.72. The molecular weight excluding hydrogens is 251 g/mol. The lowest BCUT2D eigenvalue weighted by Crippen LogP contribution is -2.07. The third-order valence-electron chi connectivity index (χ3n) is 2.65. The van der Waals surface area contributed by atoms with E-state index >= 15 is 0 Å². The van der Waals surface area contributed by atoms with E-state index in [1.165, 1.54) is 12.1 Å². The van der Waals surface area contributed by atoms with Crippen molar-refractivity contribution < 1.29 is 4.39 Å². The first-order valence-corrected chi connectivity index (χ1v) is 6.07. The van der Waals surface area contributed by atoms with E-state index in [1.54, 1.807) is 24.3 Å². The normalized spacial score (nSPS) is 10.3. The van der Waals surface area contributed by atoms with Gasteiger partial charge < -0.3 is 11.1 Å². The molecule has 2 aromatic carbocycles. The third kappa shape index (κ3) is 3.14. The van der Waals surface area contributed by atoms with Gasteiger partial charge in [-0.3, -0.25) is 0 Å². The molecule has 0 saturated carbocycles. The molecule has 2 aromatic rings. The highest BCUT2D eigenvalue weighted by molar-refractivity contribution is 6.33. The standard InChI is InChI=1S/C14H14ClFN2/c15-12-5-2-6-13(17)14(12)18-8-7-10-3-1-4-11(16)9-10/h1-6,9,18H,7-8,17H2. The second kappa shape index (κ2) is 5.74. The van der Waals surface area contributed by atoms with E-state index in [1.807, 2.05) is 6.07 Å². The van der Waals surface area contributed by atoms with Crippen LogP contribution in [-0.4, -0.2) is 6.54 Å². The maximum atomic E-state index is 13.0. The summed E-state index contributed by atoms with van der Waals surface area (Å²) in [5.41, 5.74) is 8.10. The van der Waals surface area contributed by atoms with Gasteiger partial charge in [0.1, 0.15) is 5.82 Å². The van der Waals surface area contributed by atoms with Gasteiger partial charge >= 0.3 is 0 Å². The van der Waals surface area contributed by atoms with Crippen LogP contribution in [0.4, 0.5) is 15.8 Å². The fourth-order valence-corrected chi connectivity index (χ4v) is 2.00. The van der Waals surface area contributed by atoms with E-state index in [2.05, 4.69) is 5.32 Å². The van der Waals surface area contributed by atoms with E-state index in [4.69, 9.17) is 17.3 Å². The average Bonchev–Trinajstić information content (AvgIpc) is 2.33. The van der Waals surface area contributed by atoms with Crippen LogP contribution in [0.3, 0.4) is 0 Å². The van der Waals surface area contributed by atoms with E-state index in [0.29, 0.717) is 23.7 Å². The zero-order valence-corrected chi connectivity index (χ0v) is 10.5. The van der Waals surface area contributed by atoms with Gasteiger partial charge in [-0.15, -0.1) is 0 Å². The van der Waals surface area contributed by atoms with Crippen molar-refractivity contribution in [3.05, 3.63) is 58.9 Å². The Morgan fingerprint density at radius 3 is 2.67 bits per heavy atom. The Kier molecular flexibility index (Phi) is 4.05. The van der Waals surface area contributed by atoms with Gasteiger partial charge in [0.25, 0.3) is 0 Å². The second-order valence-corrected chi connectivity index (χ2v) is 4.42. The van der Waals surface area contributed by atoms with Crippen LogP contribution in [-0.2, 0) is 6.42 Å². The minimum absolute atomic E-state index is 0.218. The molecule has 0 bridgehead atoms. The lowest BCUT2D eigenvalue weighted by atomic mass is 10.1. The Morgan fingerprint density at radius 2 is 1.94 bits per heavy atom. The van der Waals surface area contributed by atoms with E-state index in [0.717, 1.165) is 11.3 Å². The summed E-state index contributed by atoms with van der Waals surface area (Å²) in [6.45, 7) is 0.650. The third-order valence-corrected chi connectivity index (χ3v) is 2.97. The van der Waals surface area contributed by atoms with E-state index < -0.39 is 0 Å². The predicted molar refractivity (Wildman–Crippen MR) is 74.5 cm³/mol. The number of anilines is 2. The summed E-state index contributed by atoms with van der Waals surface area (Å²) in [6, 6.07) is 11.9. The Bertz CT molecular complexity index is 523. The second-order valence-electron chi connectivity index (χ2n) is 4.01. The summed E-state index contributed by atoms with van der Waals surface area (Å²) < 4.78 is 13.0. The van der Waals surface area contributed by atoms with Gasteiger partial charge in [0.15, 0.2) is 0 Å². The zero-order chi connectivity index (χ0) is 13.0. The molecule has 3 N–H and O–H groups in total. The number of nitrogens with one attached hydrogen (secondary N) is 1. The number of benzene rings is 2. The molecule has 0 unspecified atom stereocenters. The van der Waals surface area contributed by atoms with Crippen LogP contribution in [0.5, 0.6) is 0 Å². The first kappa shape index (κ1) is 12.7. The van der Waals surface area contributed by atoms with Gasteiger partial charge in [-0.05, 0) is 36.2 Å². The topological polar surface area (TPSA) is 38.0 Å². The van der Waals surface area contributed by atoms with Crippen LogP contribution in [0.15, 0.2) is 42.5 Å². The Balaban J connectivity index is 1.97. The van der Waals surface area contributed by atoms with Crippen molar-refractivity contribution in [3.8, 4) is 0 Å². The lowest BCUT2D eigenvalue weighted by Gasteiger charge is -2.11. The SMILES string of the molecule is Nc1cccc(Cl)c1NCCc1cccc(F)c1. The largest absolute Gasteiger partial charge is 0.397 e. The maximum Gasteiger partial charge on any atom is 0.123 e. The fourth-order valence-electron chi connectivity index (χ4n) is 1.75. The molecule has 0 aliphatic heterocycles. The van der Waals surface area contributed by atoms with E-state index in [9.17, 15) is 4.39 Å². The molecule has 0 spiro atoms. The smallest absolute Gasteiger partial charge is 0.123 e. The number of halogens is 2. The van der Waals surface area contributed by atoms with Crippen molar-refractivity contribution in [1.29, 1.82) is 0 Å². The van der Waals surface area contributed by atoms with Crippen molar-refractivity contribution in [2.24, 2.45) is 0 Å². The fraction of sp³-hybridized carbons (Fsp3) is 0.143. The molecule has 0 fully saturated rings. The number of nitrogen functional groups attached to an aromatic ring is 1. The van der Waals surface area contributed by atoms with Gasteiger partial charge in [0.2, 0.25) is 0 Å². The number of hydrogen-bond acceptors (Lipinski definition) is 2. The minimum Gasteiger partial charge on any atom is -0.397 e. The molecule has 18 heavy (non-hydrogen) atoms. The summed E-state index contributed by atoms with van der Waals surface area (Å²) in [7, 11) is 0. The minimum atomic E-state index is -0.218. The number of nitrogens with two attached hydrogens (primary N) is 1. The average molecular weight is 265 g/mol. The molecule has 0 aliphatic carbocycles. The molecule has 0 heterocycles. The van der Waals surface area contributed by atoms with Gasteiger partial charge in [0, 0.05) is 6.54 Å². The molecule has 2 nitrogen and oxygen atoms in total. The van der Waals surface area contributed by atoms with Crippen molar-refractivity contribution in [1.82, 2.24) is 0 Å².